The third-order valence-electron chi connectivity index (χ3n) is 4.68. The number of hydrogen-bond donors (Lipinski definition) is 1. The number of para-hydroxylation sites is 1. The minimum atomic E-state index is -0.499. The first-order valence-corrected chi connectivity index (χ1v) is 7.95. The summed E-state index contributed by atoms with van der Waals surface area (Å²) in [6, 6.07) is 9.07. The van der Waals surface area contributed by atoms with E-state index in [9.17, 15) is 9.59 Å². The SMILES string of the molecule is Cc1nc2c(c(=O)n1C)CN(c1cc(C(N)=O)c3ccccc3n1)C2. The van der Waals surface area contributed by atoms with Crippen molar-refractivity contribution in [2.45, 2.75) is 20.0 Å². The van der Waals surface area contributed by atoms with Gasteiger partial charge in [-0.05, 0) is 19.1 Å². The maximum Gasteiger partial charge on any atom is 0.258 e. The second kappa shape index (κ2) is 5.41. The van der Waals surface area contributed by atoms with E-state index in [1.165, 1.54) is 0 Å². The van der Waals surface area contributed by atoms with Crippen LogP contribution >= 0.6 is 0 Å². The van der Waals surface area contributed by atoms with Gasteiger partial charge in [0.05, 0.1) is 35.4 Å². The Morgan fingerprint density at radius 1 is 1.20 bits per heavy atom. The van der Waals surface area contributed by atoms with Gasteiger partial charge in [-0.1, -0.05) is 18.2 Å². The number of benzene rings is 1. The maximum absolute atomic E-state index is 12.4. The summed E-state index contributed by atoms with van der Waals surface area (Å²) in [4.78, 5) is 35.4. The van der Waals surface area contributed by atoms with Crippen LogP contribution in [0.25, 0.3) is 10.9 Å². The lowest BCUT2D eigenvalue weighted by Crippen LogP contribution is -2.25. The van der Waals surface area contributed by atoms with Gasteiger partial charge in [0.25, 0.3) is 5.56 Å². The van der Waals surface area contributed by atoms with Crippen LogP contribution in [0.4, 0.5) is 5.82 Å². The molecule has 0 fully saturated rings. The molecule has 4 rings (SSSR count). The lowest BCUT2D eigenvalue weighted by Gasteiger charge is -2.17. The Labute approximate surface area is 143 Å². The summed E-state index contributed by atoms with van der Waals surface area (Å²) >= 11 is 0. The molecule has 3 heterocycles. The average Bonchev–Trinajstić information content (AvgIpc) is 3.02. The molecule has 3 aromatic rings. The van der Waals surface area contributed by atoms with Crippen molar-refractivity contribution >= 4 is 22.6 Å². The molecule has 1 amide bonds. The van der Waals surface area contributed by atoms with Gasteiger partial charge in [-0.25, -0.2) is 9.97 Å². The smallest absolute Gasteiger partial charge is 0.258 e. The number of aromatic nitrogens is 3. The lowest BCUT2D eigenvalue weighted by atomic mass is 10.1. The minimum absolute atomic E-state index is 0.0408. The number of primary amides is 1. The molecule has 0 unspecified atom stereocenters. The van der Waals surface area contributed by atoms with Gasteiger partial charge in [0.2, 0.25) is 5.91 Å². The topological polar surface area (TPSA) is 94.1 Å². The van der Waals surface area contributed by atoms with Crippen LogP contribution in [0.3, 0.4) is 0 Å². The molecule has 0 saturated carbocycles. The van der Waals surface area contributed by atoms with E-state index in [2.05, 4.69) is 9.97 Å². The van der Waals surface area contributed by atoms with Gasteiger partial charge in [0.15, 0.2) is 0 Å². The van der Waals surface area contributed by atoms with E-state index in [1.54, 1.807) is 17.7 Å². The van der Waals surface area contributed by atoms with Crippen molar-refractivity contribution in [3.63, 3.8) is 0 Å². The van der Waals surface area contributed by atoms with Crippen molar-refractivity contribution in [3.8, 4) is 0 Å². The molecule has 1 aliphatic rings. The summed E-state index contributed by atoms with van der Waals surface area (Å²) < 4.78 is 1.55. The Morgan fingerprint density at radius 2 is 1.96 bits per heavy atom. The summed E-state index contributed by atoms with van der Waals surface area (Å²) in [7, 11) is 1.72. The lowest BCUT2D eigenvalue weighted by molar-refractivity contribution is 0.100. The molecule has 0 aliphatic carbocycles. The number of anilines is 1. The van der Waals surface area contributed by atoms with Gasteiger partial charge < -0.3 is 10.6 Å². The summed E-state index contributed by atoms with van der Waals surface area (Å²) in [5.74, 6) is 0.793. The third kappa shape index (κ3) is 2.36. The third-order valence-corrected chi connectivity index (χ3v) is 4.68. The van der Waals surface area contributed by atoms with E-state index in [4.69, 9.17) is 5.73 Å². The number of pyridine rings is 1. The van der Waals surface area contributed by atoms with Crippen molar-refractivity contribution in [1.29, 1.82) is 0 Å². The summed E-state index contributed by atoms with van der Waals surface area (Å²) in [6.07, 6.45) is 0. The Balaban J connectivity index is 1.83. The second-order valence-electron chi connectivity index (χ2n) is 6.21. The Hall–Kier alpha value is -3.22. The molecule has 2 N–H and O–H groups in total. The maximum atomic E-state index is 12.4. The Kier molecular flexibility index (Phi) is 3.31. The predicted octanol–water partition coefficient (Wildman–Crippen LogP) is 1.26. The fraction of sp³-hybridized carbons (Fsp3) is 0.222. The first-order valence-electron chi connectivity index (χ1n) is 7.95. The molecule has 1 aromatic carbocycles. The molecule has 0 atom stereocenters. The number of nitrogens with zero attached hydrogens (tertiary/aromatic N) is 4. The molecular weight excluding hydrogens is 318 g/mol. The zero-order chi connectivity index (χ0) is 17.7. The van der Waals surface area contributed by atoms with Gasteiger partial charge in [-0.2, -0.15) is 0 Å². The number of amides is 1. The van der Waals surface area contributed by atoms with Crippen LogP contribution in [-0.2, 0) is 20.1 Å². The van der Waals surface area contributed by atoms with Crippen LogP contribution in [0.1, 0.15) is 27.4 Å². The van der Waals surface area contributed by atoms with Gasteiger partial charge in [-0.15, -0.1) is 0 Å². The van der Waals surface area contributed by atoms with E-state index in [0.717, 1.165) is 11.1 Å². The van der Waals surface area contributed by atoms with Gasteiger partial charge in [0, 0.05) is 12.4 Å². The van der Waals surface area contributed by atoms with Crippen LogP contribution in [0, 0.1) is 6.92 Å². The number of hydrogen-bond acceptors (Lipinski definition) is 5. The monoisotopic (exact) mass is 335 g/mol. The van der Waals surface area contributed by atoms with Crippen LogP contribution in [-0.4, -0.2) is 20.4 Å². The number of rotatable bonds is 2. The van der Waals surface area contributed by atoms with Crippen LogP contribution in [0.2, 0.25) is 0 Å². The Morgan fingerprint density at radius 3 is 2.72 bits per heavy atom. The quantitative estimate of drug-likeness (QED) is 0.761. The largest absolute Gasteiger partial charge is 0.366 e. The second-order valence-corrected chi connectivity index (χ2v) is 6.21. The van der Waals surface area contributed by atoms with Crippen molar-refractivity contribution in [1.82, 2.24) is 14.5 Å². The van der Waals surface area contributed by atoms with Crippen molar-refractivity contribution in [3.05, 3.63) is 63.3 Å². The van der Waals surface area contributed by atoms with Gasteiger partial charge >= 0.3 is 0 Å². The normalized spacial score (nSPS) is 13.3. The van der Waals surface area contributed by atoms with Crippen molar-refractivity contribution in [2.75, 3.05) is 4.90 Å². The molecule has 0 radical (unpaired) electrons. The Bertz CT molecular complexity index is 1090. The molecule has 0 saturated heterocycles. The van der Waals surface area contributed by atoms with E-state index in [1.807, 2.05) is 36.1 Å². The fourth-order valence-electron chi connectivity index (χ4n) is 3.22. The summed E-state index contributed by atoms with van der Waals surface area (Å²) in [5.41, 5.74) is 8.05. The number of carbonyl (C=O) groups is 1. The summed E-state index contributed by atoms with van der Waals surface area (Å²) in [5, 5.41) is 0.723. The minimum Gasteiger partial charge on any atom is -0.366 e. The highest BCUT2D eigenvalue weighted by atomic mass is 16.1. The fourth-order valence-corrected chi connectivity index (χ4v) is 3.22. The van der Waals surface area contributed by atoms with Crippen molar-refractivity contribution in [2.24, 2.45) is 12.8 Å². The number of aryl methyl sites for hydroxylation is 1. The zero-order valence-electron chi connectivity index (χ0n) is 14.0. The molecule has 7 nitrogen and oxygen atoms in total. The first kappa shape index (κ1) is 15.3. The van der Waals surface area contributed by atoms with Crippen LogP contribution in [0.5, 0.6) is 0 Å². The standard InChI is InChI=1S/C18H17N5O2/c1-10-20-15-9-23(8-13(15)18(25)22(10)2)16-7-12(17(19)24)11-5-3-4-6-14(11)21-16/h3-7H,8-9H2,1-2H3,(H2,19,24). The first-order chi connectivity index (χ1) is 12.0. The number of nitrogens with two attached hydrogens (primary N) is 1. The van der Waals surface area contributed by atoms with E-state index in [0.29, 0.717) is 41.4 Å². The molecule has 25 heavy (non-hydrogen) atoms. The predicted molar refractivity (Wildman–Crippen MR) is 94.4 cm³/mol. The number of carbonyl (C=O) groups excluding carboxylic acids is 1. The molecule has 2 aromatic heterocycles. The molecular formula is C18H17N5O2. The van der Waals surface area contributed by atoms with Crippen LogP contribution < -0.4 is 16.2 Å². The number of fused-ring (bicyclic) bond motifs is 2. The highest BCUT2D eigenvalue weighted by Gasteiger charge is 2.26. The van der Waals surface area contributed by atoms with E-state index >= 15 is 0 Å². The molecule has 0 bridgehead atoms. The summed E-state index contributed by atoms with van der Waals surface area (Å²) in [6.45, 7) is 2.71. The molecule has 0 spiro atoms. The molecule has 1 aliphatic heterocycles. The van der Waals surface area contributed by atoms with Gasteiger partial charge in [-0.3, -0.25) is 14.2 Å². The molecule has 126 valence electrons. The highest BCUT2D eigenvalue weighted by molar-refractivity contribution is 6.06. The molecule has 7 heteroatoms. The highest BCUT2D eigenvalue weighted by Crippen LogP contribution is 2.28. The van der Waals surface area contributed by atoms with E-state index < -0.39 is 5.91 Å². The average molecular weight is 335 g/mol. The van der Waals surface area contributed by atoms with Crippen molar-refractivity contribution < 1.29 is 4.79 Å². The van der Waals surface area contributed by atoms with E-state index in [-0.39, 0.29) is 5.56 Å². The van der Waals surface area contributed by atoms with Crippen LogP contribution in [0.15, 0.2) is 35.1 Å². The van der Waals surface area contributed by atoms with Gasteiger partial charge in [0.1, 0.15) is 11.6 Å². The zero-order valence-corrected chi connectivity index (χ0v) is 14.0.